The quantitative estimate of drug-likeness (QED) is 0.729. The number of carbonyl (C=O) groups excluding carboxylic acids is 2. The van der Waals surface area contributed by atoms with Crippen molar-refractivity contribution in [3.05, 3.63) is 24.3 Å². The summed E-state index contributed by atoms with van der Waals surface area (Å²) >= 11 is 0. The predicted molar refractivity (Wildman–Crippen MR) is 92.8 cm³/mol. The van der Waals surface area contributed by atoms with Crippen LogP contribution in [0.1, 0.15) is 26.7 Å². The number of amides is 2. The summed E-state index contributed by atoms with van der Waals surface area (Å²) in [6.07, 6.45) is 1.20. The first-order valence-electron chi connectivity index (χ1n) is 7.70. The van der Waals surface area contributed by atoms with Gasteiger partial charge in [-0.25, -0.2) is 19.1 Å². The summed E-state index contributed by atoms with van der Waals surface area (Å²) in [6, 6.07) is 6.83. The van der Waals surface area contributed by atoms with Crippen LogP contribution in [0.4, 0.5) is 15.5 Å². The minimum atomic E-state index is -0.833. The van der Waals surface area contributed by atoms with E-state index in [0.717, 1.165) is 19.8 Å². The topological polar surface area (TPSA) is 123 Å². The van der Waals surface area contributed by atoms with Crippen LogP contribution in [0.25, 0.3) is 11.0 Å². The minimum Gasteiger partial charge on any atom is -0.481 e. The van der Waals surface area contributed by atoms with Crippen molar-refractivity contribution in [1.82, 2.24) is 14.9 Å². The first-order valence-corrected chi connectivity index (χ1v) is 7.70. The first-order chi connectivity index (χ1) is 11.9. The van der Waals surface area contributed by atoms with Gasteiger partial charge in [0, 0.05) is 13.5 Å². The van der Waals surface area contributed by atoms with E-state index >= 15 is 0 Å². The van der Waals surface area contributed by atoms with Gasteiger partial charge in [0.05, 0.1) is 18.1 Å². The van der Waals surface area contributed by atoms with Gasteiger partial charge in [0.1, 0.15) is 0 Å². The second-order valence-corrected chi connectivity index (χ2v) is 4.98. The number of rotatable bonds is 4. The number of para-hydroxylation sites is 2. The molecule has 3 N–H and O–H groups in total. The summed E-state index contributed by atoms with van der Waals surface area (Å²) in [6.45, 7) is 3.70. The third-order valence-corrected chi connectivity index (χ3v) is 2.97. The van der Waals surface area contributed by atoms with Crippen molar-refractivity contribution in [2.75, 3.05) is 19.0 Å². The maximum absolute atomic E-state index is 12.3. The van der Waals surface area contributed by atoms with Crippen LogP contribution in [0.3, 0.4) is 0 Å². The van der Waals surface area contributed by atoms with Crippen LogP contribution in [0, 0.1) is 0 Å². The van der Waals surface area contributed by atoms with Crippen molar-refractivity contribution >= 4 is 35.1 Å². The summed E-state index contributed by atoms with van der Waals surface area (Å²) in [4.78, 5) is 36.9. The molecule has 0 aliphatic heterocycles. The van der Waals surface area contributed by atoms with Crippen LogP contribution in [-0.2, 0) is 9.53 Å². The molecule has 9 heteroatoms. The average molecular weight is 350 g/mol. The molecule has 0 saturated heterocycles. The standard InChI is InChI=1S/C14H18N4O3.C2H4O2/c1-3-4-9-15-13(19)18-11-8-6-5-7-10(11)16-12(18)17-14(20)21-2;1-2(3)4/h5-8H,3-4,9H2,1-2H3,(H,15,19)(H,16,17,20);1H3,(H,3,4). The van der Waals surface area contributed by atoms with E-state index in [-0.39, 0.29) is 12.0 Å². The lowest BCUT2D eigenvalue weighted by Crippen LogP contribution is -2.31. The van der Waals surface area contributed by atoms with Gasteiger partial charge in [-0.1, -0.05) is 25.5 Å². The molecule has 2 amide bonds. The number of hydrogen-bond donors (Lipinski definition) is 3. The molecule has 136 valence electrons. The second-order valence-electron chi connectivity index (χ2n) is 4.98. The lowest BCUT2D eigenvalue weighted by molar-refractivity contribution is -0.134. The van der Waals surface area contributed by atoms with Crippen LogP contribution in [0.5, 0.6) is 0 Å². The van der Waals surface area contributed by atoms with E-state index in [1.54, 1.807) is 12.1 Å². The van der Waals surface area contributed by atoms with Crippen LogP contribution >= 0.6 is 0 Å². The molecule has 0 unspecified atom stereocenters. The number of fused-ring (bicyclic) bond motifs is 1. The third kappa shape index (κ3) is 6.13. The van der Waals surface area contributed by atoms with Crippen molar-refractivity contribution in [3.8, 4) is 0 Å². The van der Waals surface area contributed by atoms with Crippen molar-refractivity contribution < 1.29 is 24.2 Å². The smallest absolute Gasteiger partial charge is 0.413 e. The highest BCUT2D eigenvalue weighted by atomic mass is 16.5. The zero-order valence-corrected chi connectivity index (χ0v) is 14.4. The van der Waals surface area contributed by atoms with E-state index in [1.165, 1.54) is 11.7 Å². The molecule has 1 aromatic heterocycles. The molecular weight excluding hydrogens is 328 g/mol. The number of carbonyl (C=O) groups is 3. The zero-order valence-electron chi connectivity index (χ0n) is 14.4. The number of carboxylic acids is 1. The van der Waals surface area contributed by atoms with Crippen molar-refractivity contribution in [1.29, 1.82) is 0 Å². The second kappa shape index (κ2) is 9.91. The molecule has 0 bridgehead atoms. The fourth-order valence-electron chi connectivity index (χ4n) is 1.91. The number of hydrogen-bond acceptors (Lipinski definition) is 5. The van der Waals surface area contributed by atoms with E-state index in [4.69, 9.17) is 9.90 Å². The predicted octanol–water partition coefficient (Wildman–Crippen LogP) is 2.66. The number of nitrogens with one attached hydrogen (secondary N) is 2. The Bertz CT molecular complexity index is 737. The average Bonchev–Trinajstić information content (AvgIpc) is 2.92. The number of aliphatic carboxylic acids is 1. The molecule has 0 spiro atoms. The van der Waals surface area contributed by atoms with Gasteiger partial charge < -0.3 is 15.2 Å². The van der Waals surface area contributed by atoms with E-state index in [1.807, 2.05) is 19.1 Å². The van der Waals surface area contributed by atoms with Crippen molar-refractivity contribution in [2.24, 2.45) is 0 Å². The Kier molecular flexibility index (Phi) is 7.91. The fraction of sp³-hybridized carbons (Fsp3) is 0.375. The number of ether oxygens (including phenoxy) is 1. The van der Waals surface area contributed by atoms with Gasteiger partial charge in [0.2, 0.25) is 5.95 Å². The molecule has 0 fully saturated rings. The first kappa shape index (κ1) is 19.9. The van der Waals surface area contributed by atoms with Crippen LogP contribution in [-0.4, -0.2) is 46.4 Å². The highest BCUT2D eigenvalue weighted by molar-refractivity contribution is 5.96. The molecule has 0 saturated carbocycles. The lowest BCUT2D eigenvalue weighted by atomic mass is 10.3. The van der Waals surface area contributed by atoms with Gasteiger partial charge in [0.15, 0.2) is 0 Å². The van der Waals surface area contributed by atoms with E-state index in [9.17, 15) is 9.59 Å². The summed E-state index contributed by atoms with van der Waals surface area (Å²) in [5.41, 5.74) is 1.24. The largest absolute Gasteiger partial charge is 0.481 e. The highest BCUT2D eigenvalue weighted by Crippen LogP contribution is 2.19. The number of unbranched alkanes of at least 4 members (excludes halogenated alkanes) is 1. The van der Waals surface area contributed by atoms with Crippen LogP contribution in [0.2, 0.25) is 0 Å². The Morgan fingerprint density at radius 2 is 1.92 bits per heavy atom. The lowest BCUT2D eigenvalue weighted by Gasteiger charge is -2.09. The normalized spacial score (nSPS) is 9.72. The highest BCUT2D eigenvalue weighted by Gasteiger charge is 2.18. The molecule has 0 aliphatic rings. The summed E-state index contributed by atoms with van der Waals surface area (Å²) in [5.74, 6) is -0.697. The maximum Gasteiger partial charge on any atom is 0.413 e. The number of imidazole rings is 1. The van der Waals surface area contributed by atoms with Gasteiger partial charge in [-0.15, -0.1) is 0 Å². The van der Waals surface area contributed by atoms with Crippen molar-refractivity contribution in [2.45, 2.75) is 26.7 Å². The molecule has 0 atom stereocenters. The van der Waals surface area contributed by atoms with Gasteiger partial charge in [-0.2, -0.15) is 0 Å². The Balaban J connectivity index is 0.000000705. The van der Waals surface area contributed by atoms with E-state index in [0.29, 0.717) is 17.6 Å². The Labute approximate surface area is 145 Å². The fourth-order valence-corrected chi connectivity index (χ4v) is 1.91. The summed E-state index contributed by atoms with van der Waals surface area (Å²) in [5, 5.41) is 12.7. The number of nitrogens with zero attached hydrogens (tertiary/aromatic N) is 2. The molecule has 2 rings (SSSR count). The van der Waals surface area contributed by atoms with Crippen molar-refractivity contribution in [3.63, 3.8) is 0 Å². The Morgan fingerprint density at radius 3 is 2.52 bits per heavy atom. The molecule has 25 heavy (non-hydrogen) atoms. The molecule has 2 aromatic rings. The third-order valence-electron chi connectivity index (χ3n) is 2.97. The minimum absolute atomic E-state index is 0.136. The van der Waals surface area contributed by atoms with Gasteiger partial charge >= 0.3 is 12.1 Å². The zero-order chi connectivity index (χ0) is 18.8. The molecule has 0 aliphatic carbocycles. The van der Waals surface area contributed by atoms with Crippen LogP contribution < -0.4 is 10.6 Å². The number of carboxylic acid groups (broad SMARTS) is 1. The number of methoxy groups -OCH3 is 1. The van der Waals surface area contributed by atoms with E-state index < -0.39 is 12.1 Å². The Morgan fingerprint density at radius 1 is 1.28 bits per heavy atom. The van der Waals surface area contributed by atoms with Gasteiger partial charge in [-0.05, 0) is 18.6 Å². The molecule has 9 nitrogen and oxygen atoms in total. The molecule has 1 aromatic carbocycles. The van der Waals surface area contributed by atoms with E-state index in [2.05, 4.69) is 20.4 Å². The van der Waals surface area contributed by atoms with Crippen LogP contribution in [0.15, 0.2) is 24.3 Å². The maximum atomic E-state index is 12.3. The summed E-state index contributed by atoms with van der Waals surface area (Å²) < 4.78 is 5.88. The van der Waals surface area contributed by atoms with Gasteiger partial charge in [-0.3, -0.25) is 10.1 Å². The molecular formula is C16H22N4O5. The van der Waals surface area contributed by atoms with Gasteiger partial charge in [0.25, 0.3) is 5.97 Å². The molecule has 1 heterocycles. The number of benzene rings is 1. The monoisotopic (exact) mass is 350 g/mol. The number of aromatic nitrogens is 2. The Hall–Kier alpha value is -3.10. The SMILES string of the molecule is CC(=O)O.CCCCNC(=O)n1c(NC(=O)OC)nc2ccccc21. The summed E-state index contributed by atoms with van der Waals surface area (Å²) in [7, 11) is 1.25. The molecule has 0 radical (unpaired) electrons. The number of anilines is 1.